The number of hydrogen-bond acceptors (Lipinski definition) is 2. The first-order chi connectivity index (χ1) is 6.58. The summed E-state index contributed by atoms with van der Waals surface area (Å²) < 4.78 is 5.62. The lowest BCUT2D eigenvalue weighted by Crippen LogP contribution is -2.08. The number of rotatable bonds is 1. The Morgan fingerprint density at radius 3 is 2.57 bits per heavy atom. The maximum absolute atomic E-state index is 5.87. The lowest BCUT2D eigenvalue weighted by atomic mass is 9.95. The van der Waals surface area contributed by atoms with Gasteiger partial charge in [-0.15, -0.1) is 0 Å². The summed E-state index contributed by atoms with van der Waals surface area (Å²) in [6.07, 6.45) is 2.14. The van der Waals surface area contributed by atoms with Crippen molar-refractivity contribution in [1.82, 2.24) is 0 Å². The quantitative estimate of drug-likeness (QED) is 0.689. The molecule has 2 heteroatoms. The van der Waals surface area contributed by atoms with Crippen LogP contribution in [-0.2, 0) is 4.74 Å². The summed E-state index contributed by atoms with van der Waals surface area (Å²) in [7, 11) is 0. The summed E-state index contributed by atoms with van der Waals surface area (Å²) in [5, 5.41) is 0. The van der Waals surface area contributed by atoms with E-state index in [0.29, 0.717) is 0 Å². The van der Waals surface area contributed by atoms with Crippen LogP contribution >= 0.6 is 0 Å². The van der Waals surface area contributed by atoms with E-state index >= 15 is 0 Å². The van der Waals surface area contributed by atoms with E-state index in [1.165, 1.54) is 0 Å². The van der Waals surface area contributed by atoms with E-state index in [2.05, 4.69) is 19.9 Å². The molecule has 0 unspecified atom stereocenters. The Hall–Kier alpha value is -1.44. The van der Waals surface area contributed by atoms with Crippen LogP contribution in [0, 0.1) is 5.41 Å². The van der Waals surface area contributed by atoms with Crippen LogP contribution in [0.25, 0.3) is 5.76 Å². The zero-order valence-electron chi connectivity index (χ0n) is 8.58. The van der Waals surface area contributed by atoms with Crippen molar-refractivity contribution in [3.63, 3.8) is 0 Å². The van der Waals surface area contributed by atoms with Gasteiger partial charge in [0.1, 0.15) is 5.76 Å². The number of nitrogens with two attached hydrogens (primary N) is 1. The standard InChI is InChI=1S/C12H15NO/c1-12(2)7-11(14-8-12)9-5-3-4-6-10(9)13/h3-7H,8,13H2,1-2H3. The van der Waals surface area contributed by atoms with E-state index in [-0.39, 0.29) is 5.41 Å². The van der Waals surface area contributed by atoms with Gasteiger partial charge in [-0.3, -0.25) is 0 Å². The first-order valence-electron chi connectivity index (χ1n) is 4.79. The first-order valence-corrected chi connectivity index (χ1v) is 4.79. The third-order valence-corrected chi connectivity index (χ3v) is 2.35. The van der Waals surface area contributed by atoms with Crippen molar-refractivity contribution in [2.45, 2.75) is 13.8 Å². The minimum Gasteiger partial charge on any atom is -0.492 e. The van der Waals surface area contributed by atoms with Crippen LogP contribution in [0.4, 0.5) is 5.69 Å². The van der Waals surface area contributed by atoms with Crippen LogP contribution in [0.5, 0.6) is 0 Å². The van der Waals surface area contributed by atoms with Crippen molar-refractivity contribution >= 4 is 11.4 Å². The normalized spacial score (nSPS) is 18.9. The molecule has 0 bridgehead atoms. The number of ether oxygens (including phenoxy) is 1. The first kappa shape index (κ1) is 9.13. The Balaban J connectivity index is 2.38. The van der Waals surface area contributed by atoms with Crippen LogP contribution in [0.2, 0.25) is 0 Å². The molecule has 1 heterocycles. The highest BCUT2D eigenvalue weighted by atomic mass is 16.5. The smallest absolute Gasteiger partial charge is 0.125 e. The molecule has 1 aliphatic heterocycles. The molecular formula is C12H15NO. The predicted octanol–water partition coefficient (Wildman–Crippen LogP) is 2.67. The average Bonchev–Trinajstić information content (AvgIpc) is 2.47. The second-order valence-electron chi connectivity index (χ2n) is 4.37. The SMILES string of the molecule is CC1(C)C=C(c2ccccc2N)OC1. The Kier molecular flexibility index (Phi) is 1.99. The van der Waals surface area contributed by atoms with Crippen molar-refractivity contribution < 1.29 is 4.74 Å². The summed E-state index contributed by atoms with van der Waals surface area (Å²) >= 11 is 0. The number of anilines is 1. The third kappa shape index (κ3) is 1.60. The second-order valence-corrected chi connectivity index (χ2v) is 4.37. The van der Waals surface area contributed by atoms with Gasteiger partial charge in [0.05, 0.1) is 6.61 Å². The van der Waals surface area contributed by atoms with E-state index in [0.717, 1.165) is 23.6 Å². The predicted molar refractivity (Wildman–Crippen MR) is 58.6 cm³/mol. The Morgan fingerprint density at radius 2 is 2.00 bits per heavy atom. The van der Waals surface area contributed by atoms with Gasteiger partial charge in [-0.2, -0.15) is 0 Å². The monoisotopic (exact) mass is 189 g/mol. The van der Waals surface area contributed by atoms with Crippen molar-refractivity contribution in [1.29, 1.82) is 0 Å². The molecule has 2 nitrogen and oxygen atoms in total. The van der Waals surface area contributed by atoms with Crippen LogP contribution in [0.1, 0.15) is 19.4 Å². The molecule has 0 spiro atoms. The summed E-state index contributed by atoms with van der Waals surface area (Å²) in [6, 6.07) is 7.79. The lowest BCUT2D eigenvalue weighted by molar-refractivity contribution is 0.227. The number of benzene rings is 1. The summed E-state index contributed by atoms with van der Waals surface area (Å²) in [4.78, 5) is 0. The minimum atomic E-state index is 0.123. The number of nitrogen functional groups attached to an aromatic ring is 1. The van der Waals surface area contributed by atoms with Crippen molar-refractivity contribution in [2.24, 2.45) is 5.41 Å². The molecule has 14 heavy (non-hydrogen) atoms. The molecule has 1 aliphatic rings. The molecule has 0 atom stereocenters. The fourth-order valence-electron chi connectivity index (χ4n) is 1.58. The van der Waals surface area contributed by atoms with Crippen molar-refractivity contribution in [3.05, 3.63) is 35.9 Å². The molecule has 1 aromatic rings. The zero-order chi connectivity index (χ0) is 10.2. The molecule has 0 saturated carbocycles. The molecule has 0 saturated heterocycles. The fraction of sp³-hybridized carbons (Fsp3) is 0.333. The summed E-state index contributed by atoms with van der Waals surface area (Å²) in [5.41, 5.74) is 7.76. The van der Waals surface area contributed by atoms with Gasteiger partial charge in [0, 0.05) is 16.7 Å². The highest BCUT2D eigenvalue weighted by Gasteiger charge is 2.25. The van der Waals surface area contributed by atoms with Crippen LogP contribution in [0.3, 0.4) is 0 Å². The maximum atomic E-state index is 5.87. The fourth-order valence-corrected chi connectivity index (χ4v) is 1.58. The highest BCUT2D eigenvalue weighted by molar-refractivity contribution is 5.72. The molecule has 0 aliphatic carbocycles. The maximum Gasteiger partial charge on any atom is 0.125 e. The topological polar surface area (TPSA) is 35.2 Å². The molecule has 0 aromatic heterocycles. The molecule has 1 aromatic carbocycles. The molecule has 0 fully saturated rings. The third-order valence-electron chi connectivity index (χ3n) is 2.35. The molecule has 0 radical (unpaired) electrons. The van der Waals surface area contributed by atoms with E-state index in [1.807, 2.05) is 24.3 Å². The van der Waals surface area contributed by atoms with Gasteiger partial charge >= 0.3 is 0 Å². The van der Waals surface area contributed by atoms with Crippen LogP contribution < -0.4 is 5.73 Å². The van der Waals surface area contributed by atoms with Gasteiger partial charge in [0.2, 0.25) is 0 Å². The van der Waals surface area contributed by atoms with Crippen LogP contribution in [0.15, 0.2) is 30.3 Å². The van der Waals surface area contributed by atoms with Crippen molar-refractivity contribution in [3.8, 4) is 0 Å². The van der Waals surface area contributed by atoms with Gasteiger partial charge in [-0.05, 0) is 18.2 Å². The Morgan fingerprint density at radius 1 is 1.29 bits per heavy atom. The molecule has 2 N–H and O–H groups in total. The number of para-hydroxylation sites is 1. The zero-order valence-corrected chi connectivity index (χ0v) is 8.58. The van der Waals surface area contributed by atoms with Gasteiger partial charge < -0.3 is 10.5 Å². The summed E-state index contributed by atoms with van der Waals surface area (Å²) in [6.45, 7) is 5.04. The van der Waals surface area contributed by atoms with E-state index in [9.17, 15) is 0 Å². The molecule has 0 amide bonds. The van der Waals surface area contributed by atoms with E-state index in [4.69, 9.17) is 10.5 Å². The summed E-state index contributed by atoms with van der Waals surface area (Å²) in [5.74, 6) is 0.910. The molecular weight excluding hydrogens is 174 g/mol. The Labute approximate surface area is 84.4 Å². The molecule has 2 rings (SSSR count). The lowest BCUT2D eigenvalue weighted by Gasteiger charge is -2.09. The minimum absolute atomic E-state index is 0.123. The van der Waals surface area contributed by atoms with Gasteiger partial charge in [0.25, 0.3) is 0 Å². The van der Waals surface area contributed by atoms with Gasteiger partial charge in [0.15, 0.2) is 0 Å². The average molecular weight is 189 g/mol. The van der Waals surface area contributed by atoms with Gasteiger partial charge in [-0.25, -0.2) is 0 Å². The van der Waals surface area contributed by atoms with Crippen molar-refractivity contribution in [2.75, 3.05) is 12.3 Å². The largest absolute Gasteiger partial charge is 0.492 e. The van der Waals surface area contributed by atoms with E-state index in [1.54, 1.807) is 0 Å². The second kappa shape index (κ2) is 3.05. The molecule has 74 valence electrons. The van der Waals surface area contributed by atoms with E-state index < -0.39 is 0 Å². The number of hydrogen-bond donors (Lipinski definition) is 1. The Bertz CT molecular complexity index is 380. The highest BCUT2D eigenvalue weighted by Crippen LogP contribution is 2.34. The van der Waals surface area contributed by atoms with Gasteiger partial charge in [-0.1, -0.05) is 26.0 Å². The van der Waals surface area contributed by atoms with Crippen LogP contribution in [-0.4, -0.2) is 6.61 Å².